The Labute approximate surface area is 239 Å². The van der Waals surface area contributed by atoms with Crippen molar-refractivity contribution in [2.75, 3.05) is 20.2 Å². The maximum absolute atomic E-state index is 13.8. The first-order valence-electron chi connectivity index (χ1n) is 14.1. The maximum Gasteiger partial charge on any atom is 0.329 e. The predicted molar refractivity (Wildman–Crippen MR) is 154 cm³/mol. The quantitative estimate of drug-likeness (QED) is 0.278. The third-order valence-corrected chi connectivity index (χ3v) is 8.13. The molecule has 2 aromatic carbocycles. The van der Waals surface area contributed by atoms with Crippen molar-refractivity contribution < 1.29 is 23.9 Å². The SMILES string of the molecule is COc1ccc(CN2C(=O)CCC(n3c(=O)n(C)c4c(C(C)(C)C)c(OC(=O)C5CCNCC5)ccc43)C2=O)cc1. The number of ether oxygens (including phenoxy) is 2. The van der Waals surface area contributed by atoms with Gasteiger partial charge in [-0.15, -0.1) is 0 Å². The average Bonchev–Trinajstić information content (AvgIpc) is 3.20. The molecule has 1 atom stereocenters. The van der Waals surface area contributed by atoms with E-state index in [1.807, 2.05) is 32.9 Å². The van der Waals surface area contributed by atoms with Crippen LogP contribution >= 0.6 is 0 Å². The lowest BCUT2D eigenvalue weighted by Crippen LogP contribution is -2.47. The van der Waals surface area contributed by atoms with Crippen LogP contribution in [0.1, 0.15) is 63.6 Å². The number of methoxy groups -OCH3 is 1. The number of fused-ring (bicyclic) bond motifs is 1. The van der Waals surface area contributed by atoms with Gasteiger partial charge in [-0.3, -0.25) is 28.4 Å². The maximum atomic E-state index is 13.8. The topological polar surface area (TPSA) is 112 Å². The molecule has 3 heterocycles. The Balaban J connectivity index is 1.53. The first-order valence-corrected chi connectivity index (χ1v) is 14.1. The van der Waals surface area contributed by atoms with Crippen LogP contribution in [0.4, 0.5) is 0 Å². The molecule has 5 rings (SSSR count). The largest absolute Gasteiger partial charge is 0.497 e. The molecule has 1 N–H and O–H groups in total. The average molecular weight is 563 g/mol. The highest BCUT2D eigenvalue weighted by Crippen LogP contribution is 2.39. The second-order valence-corrected chi connectivity index (χ2v) is 11.9. The molecular formula is C31H38N4O6. The van der Waals surface area contributed by atoms with Crippen molar-refractivity contribution in [1.29, 1.82) is 0 Å². The van der Waals surface area contributed by atoms with Gasteiger partial charge in [0.15, 0.2) is 0 Å². The zero-order valence-electron chi connectivity index (χ0n) is 24.4. The van der Waals surface area contributed by atoms with Gasteiger partial charge >= 0.3 is 11.7 Å². The van der Waals surface area contributed by atoms with Crippen molar-refractivity contribution in [3.05, 3.63) is 58.0 Å². The number of aryl methyl sites for hydroxylation is 1. The number of rotatable bonds is 6. The molecule has 1 unspecified atom stereocenters. The molecule has 0 radical (unpaired) electrons. The number of nitrogens with one attached hydrogen (secondary N) is 1. The standard InChI is InChI=1S/C31H38N4O6/c1-31(2,3)26-24(41-29(38)20-14-16-32-17-15-20)12-10-22-27(26)33(4)30(39)35(22)23-11-13-25(36)34(28(23)37)18-19-6-8-21(40-5)9-7-19/h6-10,12,20,23,32H,11,13-18H2,1-5H3. The Morgan fingerprint density at radius 2 is 1.68 bits per heavy atom. The van der Waals surface area contributed by atoms with Gasteiger partial charge in [-0.05, 0) is 67.6 Å². The first-order chi connectivity index (χ1) is 19.5. The number of imidazole rings is 1. The number of likely N-dealkylation sites (tertiary alicyclic amines) is 1. The van der Waals surface area contributed by atoms with Gasteiger partial charge in [-0.1, -0.05) is 32.9 Å². The van der Waals surface area contributed by atoms with Gasteiger partial charge in [-0.2, -0.15) is 0 Å². The number of esters is 1. The van der Waals surface area contributed by atoms with Gasteiger partial charge in [0.05, 0.1) is 30.6 Å². The minimum absolute atomic E-state index is 0.113. The molecule has 10 heteroatoms. The Kier molecular flexibility index (Phi) is 7.78. The van der Waals surface area contributed by atoms with Crippen LogP contribution in [0, 0.1) is 5.92 Å². The van der Waals surface area contributed by atoms with E-state index in [1.54, 1.807) is 38.4 Å². The molecule has 2 aliphatic rings. The van der Waals surface area contributed by atoms with E-state index in [9.17, 15) is 19.2 Å². The highest BCUT2D eigenvalue weighted by Gasteiger charge is 2.38. The van der Waals surface area contributed by atoms with E-state index in [2.05, 4.69) is 5.32 Å². The summed E-state index contributed by atoms with van der Waals surface area (Å²) in [7, 11) is 3.24. The van der Waals surface area contributed by atoms with Crippen LogP contribution in [0.25, 0.3) is 11.0 Å². The molecule has 10 nitrogen and oxygen atoms in total. The van der Waals surface area contributed by atoms with Crippen LogP contribution in [-0.2, 0) is 33.4 Å². The fraction of sp³-hybridized carbons (Fsp3) is 0.484. The number of hydrogen-bond donors (Lipinski definition) is 1. The van der Waals surface area contributed by atoms with Gasteiger partial charge in [0.25, 0.3) is 5.91 Å². The molecule has 2 aliphatic heterocycles. The molecule has 2 amide bonds. The van der Waals surface area contributed by atoms with E-state index >= 15 is 0 Å². The summed E-state index contributed by atoms with van der Waals surface area (Å²) in [5.41, 5.74) is 1.86. The molecule has 2 saturated heterocycles. The van der Waals surface area contributed by atoms with E-state index in [0.717, 1.165) is 37.1 Å². The van der Waals surface area contributed by atoms with Gasteiger partial charge in [0, 0.05) is 19.0 Å². The van der Waals surface area contributed by atoms with Crippen LogP contribution in [0.15, 0.2) is 41.2 Å². The van der Waals surface area contributed by atoms with E-state index in [0.29, 0.717) is 22.5 Å². The van der Waals surface area contributed by atoms with Gasteiger partial charge in [0.2, 0.25) is 5.91 Å². The Morgan fingerprint density at radius 3 is 2.32 bits per heavy atom. The van der Waals surface area contributed by atoms with Crippen LogP contribution < -0.4 is 20.5 Å². The van der Waals surface area contributed by atoms with E-state index in [4.69, 9.17) is 9.47 Å². The summed E-state index contributed by atoms with van der Waals surface area (Å²) in [4.78, 5) is 54.7. The number of hydrogen-bond acceptors (Lipinski definition) is 7. The lowest BCUT2D eigenvalue weighted by Gasteiger charge is -2.31. The molecule has 1 aromatic heterocycles. The number of carbonyl (C=O) groups is 3. The molecule has 0 aliphatic carbocycles. The van der Waals surface area contributed by atoms with Crippen molar-refractivity contribution in [2.24, 2.45) is 13.0 Å². The zero-order chi connectivity index (χ0) is 29.5. The second kappa shape index (κ2) is 11.2. The highest BCUT2D eigenvalue weighted by atomic mass is 16.5. The minimum Gasteiger partial charge on any atom is -0.497 e. The van der Waals surface area contributed by atoms with Gasteiger partial charge < -0.3 is 14.8 Å². The van der Waals surface area contributed by atoms with Gasteiger partial charge in [0.1, 0.15) is 17.5 Å². The normalized spacial score (nSPS) is 18.7. The van der Waals surface area contributed by atoms with E-state index in [1.165, 1.54) is 14.0 Å². The zero-order valence-corrected chi connectivity index (χ0v) is 24.4. The monoisotopic (exact) mass is 562 g/mol. The summed E-state index contributed by atoms with van der Waals surface area (Å²) < 4.78 is 14.2. The summed E-state index contributed by atoms with van der Waals surface area (Å²) in [6.07, 6.45) is 1.81. The molecule has 41 heavy (non-hydrogen) atoms. The Morgan fingerprint density at radius 1 is 1.00 bits per heavy atom. The Bertz CT molecular complexity index is 1540. The Hall–Kier alpha value is -3.92. The predicted octanol–water partition coefficient (Wildman–Crippen LogP) is 3.44. The van der Waals surface area contributed by atoms with Crippen molar-refractivity contribution in [3.8, 4) is 11.5 Å². The van der Waals surface area contributed by atoms with Crippen molar-refractivity contribution >= 4 is 28.8 Å². The van der Waals surface area contributed by atoms with E-state index < -0.39 is 17.4 Å². The number of benzene rings is 2. The van der Waals surface area contributed by atoms with Gasteiger partial charge in [-0.25, -0.2) is 4.79 Å². The number of amides is 2. The van der Waals surface area contributed by atoms with Crippen molar-refractivity contribution in [1.82, 2.24) is 19.4 Å². The summed E-state index contributed by atoms with van der Waals surface area (Å²) in [6, 6.07) is 9.83. The van der Waals surface area contributed by atoms with Crippen LogP contribution in [0.3, 0.4) is 0 Å². The third kappa shape index (κ3) is 5.40. The number of piperidine rings is 2. The third-order valence-electron chi connectivity index (χ3n) is 8.13. The lowest BCUT2D eigenvalue weighted by molar-refractivity contribution is -0.151. The minimum atomic E-state index is -0.835. The van der Waals surface area contributed by atoms with Crippen LogP contribution in [0.5, 0.6) is 11.5 Å². The second-order valence-electron chi connectivity index (χ2n) is 11.9. The molecule has 2 fully saturated rings. The summed E-state index contributed by atoms with van der Waals surface area (Å²) in [6.45, 7) is 7.68. The number of imide groups is 1. The smallest absolute Gasteiger partial charge is 0.329 e. The molecule has 0 bridgehead atoms. The van der Waals surface area contributed by atoms with Crippen molar-refractivity contribution in [2.45, 2.75) is 64.5 Å². The highest BCUT2D eigenvalue weighted by molar-refractivity contribution is 6.00. The summed E-state index contributed by atoms with van der Waals surface area (Å²) in [5.74, 6) is -0.0188. The van der Waals surface area contributed by atoms with E-state index in [-0.39, 0.29) is 42.9 Å². The van der Waals surface area contributed by atoms with Crippen LogP contribution in [-0.4, -0.2) is 52.0 Å². The fourth-order valence-corrected chi connectivity index (χ4v) is 5.96. The number of nitrogens with zero attached hydrogens (tertiary/aromatic N) is 3. The van der Waals surface area contributed by atoms with Crippen molar-refractivity contribution in [3.63, 3.8) is 0 Å². The molecule has 0 spiro atoms. The van der Waals surface area contributed by atoms with Crippen LogP contribution in [0.2, 0.25) is 0 Å². The molecular weight excluding hydrogens is 524 g/mol. The summed E-state index contributed by atoms with van der Waals surface area (Å²) >= 11 is 0. The summed E-state index contributed by atoms with van der Waals surface area (Å²) in [5, 5.41) is 3.26. The lowest BCUT2D eigenvalue weighted by atomic mass is 9.85. The molecule has 3 aromatic rings. The molecule has 218 valence electrons. The number of carbonyl (C=O) groups excluding carboxylic acids is 3. The fourth-order valence-electron chi connectivity index (χ4n) is 5.96. The number of aromatic nitrogens is 2. The molecule has 0 saturated carbocycles. The first kappa shape index (κ1) is 28.6.